The van der Waals surface area contributed by atoms with Crippen molar-refractivity contribution in [3.8, 4) is 0 Å². The van der Waals surface area contributed by atoms with Crippen LogP contribution in [0.2, 0.25) is 0 Å². The van der Waals surface area contributed by atoms with Gasteiger partial charge < -0.3 is 13.3 Å². The third-order valence-corrected chi connectivity index (χ3v) is 0.835. The number of rotatable bonds is 4. The molecule has 0 fully saturated rings. The fraction of sp³-hybridized carbons (Fsp3) is 0.833. The predicted octanol–water partition coefficient (Wildman–Crippen LogP) is 0.133. The van der Waals surface area contributed by atoms with E-state index in [1.54, 1.807) is 0 Å². The van der Waals surface area contributed by atoms with Crippen molar-refractivity contribution in [2.75, 3.05) is 13.2 Å². The van der Waals surface area contributed by atoms with E-state index in [0.29, 0.717) is 19.6 Å². The molecule has 0 aliphatic rings. The summed E-state index contributed by atoms with van der Waals surface area (Å²) >= 11 is 0. The van der Waals surface area contributed by atoms with Gasteiger partial charge in [0.25, 0.3) is 0 Å². The van der Waals surface area contributed by atoms with Crippen molar-refractivity contribution < 1.29 is 12.4 Å². The quantitative estimate of drug-likeness (QED) is 0.486. The van der Waals surface area contributed by atoms with Gasteiger partial charge in [-0.3, -0.25) is 4.79 Å². The summed E-state index contributed by atoms with van der Waals surface area (Å²) in [5, 5.41) is 0. The number of ether oxygens (including phenoxy) is 1. The van der Waals surface area contributed by atoms with Crippen molar-refractivity contribution in [3.05, 3.63) is 0 Å². The molecule has 0 saturated heterocycles. The maximum Gasteiger partial charge on any atom is 2.00 e. The molecule has 0 saturated carbocycles. The predicted molar refractivity (Wildman–Crippen MR) is 42.9 cm³/mol. The maximum absolute atomic E-state index is 10.5. The van der Waals surface area contributed by atoms with E-state index < -0.39 is 0 Å². The second-order valence-electron chi connectivity index (χ2n) is 1.76. The Kier molecular flexibility index (Phi) is 12.9. The number of hydrogen-bond donors (Lipinski definition) is 1. The molecular weight excluding hydrogens is 158 g/mol. The molecule has 0 amide bonds. The molecule has 0 aliphatic heterocycles. The molecule has 4 heteroatoms. The second kappa shape index (κ2) is 9.69. The van der Waals surface area contributed by atoms with E-state index in [-0.39, 0.29) is 46.6 Å². The fourth-order valence-corrected chi connectivity index (χ4v) is 0.449. The van der Waals surface area contributed by atoms with E-state index >= 15 is 0 Å². The molecular formula is C6H15CaNO2. The Bertz CT molecular complexity index is 95.6. The van der Waals surface area contributed by atoms with Gasteiger partial charge in [-0.25, -0.2) is 0 Å². The van der Waals surface area contributed by atoms with Crippen LogP contribution in [0.3, 0.4) is 0 Å². The van der Waals surface area contributed by atoms with Gasteiger partial charge in [-0.15, -0.1) is 0 Å². The van der Waals surface area contributed by atoms with Crippen LogP contribution in [-0.2, 0) is 9.53 Å². The third kappa shape index (κ3) is 8.69. The van der Waals surface area contributed by atoms with Gasteiger partial charge in [0.15, 0.2) is 0 Å². The zero-order valence-electron chi connectivity index (χ0n) is 8.43. The van der Waals surface area contributed by atoms with E-state index in [0.717, 1.165) is 6.42 Å². The minimum atomic E-state index is -0.150. The molecule has 0 aromatic rings. The zero-order valence-corrected chi connectivity index (χ0v) is 8.64. The van der Waals surface area contributed by atoms with Crippen molar-refractivity contribution in [2.45, 2.75) is 19.8 Å². The van der Waals surface area contributed by atoms with Gasteiger partial charge >= 0.3 is 43.7 Å². The van der Waals surface area contributed by atoms with Gasteiger partial charge in [-0.2, -0.15) is 0 Å². The number of carbonyl (C=O) groups excluding carboxylic acids is 1. The SMILES string of the molecule is CCCC(=O)OCCN.[Ca+2].[H-].[H-]. The van der Waals surface area contributed by atoms with Crippen LogP contribution >= 0.6 is 0 Å². The minimum Gasteiger partial charge on any atom is -1.00 e. The number of nitrogens with two attached hydrogens (primary N) is 1. The van der Waals surface area contributed by atoms with Crippen LogP contribution in [0.1, 0.15) is 22.6 Å². The fourth-order valence-electron chi connectivity index (χ4n) is 0.449. The Balaban J connectivity index is -0.000000107. The Labute approximate surface area is 94.3 Å². The summed E-state index contributed by atoms with van der Waals surface area (Å²) in [5.74, 6) is -0.150. The van der Waals surface area contributed by atoms with Crippen molar-refractivity contribution in [3.63, 3.8) is 0 Å². The molecule has 0 bridgehead atoms. The van der Waals surface area contributed by atoms with E-state index in [1.165, 1.54) is 0 Å². The molecule has 3 nitrogen and oxygen atoms in total. The van der Waals surface area contributed by atoms with Gasteiger partial charge in [0.2, 0.25) is 0 Å². The number of carbonyl (C=O) groups is 1. The Morgan fingerprint density at radius 1 is 1.70 bits per heavy atom. The van der Waals surface area contributed by atoms with Crippen molar-refractivity contribution >= 4 is 43.7 Å². The first-order valence-electron chi connectivity index (χ1n) is 3.17. The van der Waals surface area contributed by atoms with Crippen LogP contribution in [0.4, 0.5) is 0 Å². The summed E-state index contributed by atoms with van der Waals surface area (Å²) in [6.07, 6.45) is 1.34. The molecule has 0 unspecified atom stereocenters. The first-order chi connectivity index (χ1) is 4.31. The van der Waals surface area contributed by atoms with Gasteiger partial charge in [0.05, 0.1) is 0 Å². The number of hydrogen-bond acceptors (Lipinski definition) is 3. The topological polar surface area (TPSA) is 52.3 Å². The van der Waals surface area contributed by atoms with Crippen LogP contribution in [0.5, 0.6) is 0 Å². The molecule has 58 valence electrons. The third-order valence-electron chi connectivity index (χ3n) is 0.835. The second-order valence-corrected chi connectivity index (χ2v) is 1.76. The molecule has 0 aromatic carbocycles. The average molecular weight is 173 g/mol. The van der Waals surface area contributed by atoms with Gasteiger partial charge in [-0.05, 0) is 6.42 Å². The van der Waals surface area contributed by atoms with E-state index in [2.05, 4.69) is 4.74 Å². The summed E-state index contributed by atoms with van der Waals surface area (Å²) in [6.45, 7) is 2.69. The van der Waals surface area contributed by atoms with E-state index in [4.69, 9.17) is 5.73 Å². The molecule has 0 atom stereocenters. The Morgan fingerprint density at radius 3 is 2.70 bits per heavy atom. The standard InChI is InChI=1S/C6H13NO2.Ca.2H/c1-2-3-6(8)9-5-4-7;;;/h2-5,7H2,1H3;;;/q;+2;2*-1. The molecule has 0 rings (SSSR count). The first kappa shape index (κ1) is 13.3. The molecule has 0 heterocycles. The first-order valence-corrected chi connectivity index (χ1v) is 3.17. The molecule has 0 aliphatic carbocycles. The summed E-state index contributed by atoms with van der Waals surface area (Å²) < 4.78 is 4.67. The molecule has 2 N–H and O–H groups in total. The van der Waals surface area contributed by atoms with Crippen LogP contribution in [-0.4, -0.2) is 56.9 Å². The van der Waals surface area contributed by atoms with Gasteiger partial charge in [-0.1, -0.05) is 6.92 Å². The van der Waals surface area contributed by atoms with Crippen LogP contribution in [0.15, 0.2) is 0 Å². The smallest absolute Gasteiger partial charge is 1.00 e. The molecule has 0 radical (unpaired) electrons. The van der Waals surface area contributed by atoms with Crippen LogP contribution < -0.4 is 5.73 Å². The Hall–Kier alpha value is 0.690. The van der Waals surface area contributed by atoms with Crippen LogP contribution in [0, 0.1) is 0 Å². The normalized spacial score (nSPS) is 8.20. The summed E-state index contributed by atoms with van der Waals surface area (Å²) in [7, 11) is 0. The number of esters is 1. The average Bonchev–Trinajstić information content (AvgIpc) is 1.85. The summed E-state index contributed by atoms with van der Waals surface area (Å²) in [4.78, 5) is 10.5. The maximum atomic E-state index is 10.5. The largest absolute Gasteiger partial charge is 2.00 e. The monoisotopic (exact) mass is 173 g/mol. The summed E-state index contributed by atoms with van der Waals surface area (Å²) in [6, 6.07) is 0. The van der Waals surface area contributed by atoms with Crippen LogP contribution in [0.25, 0.3) is 0 Å². The van der Waals surface area contributed by atoms with Crippen molar-refractivity contribution in [2.24, 2.45) is 5.73 Å². The summed E-state index contributed by atoms with van der Waals surface area (Å²) in [5.41, 5.74) is 5.10. The molecule has 0 aromatic heterocycles. The van der Waals surface area contributed by atoms with Gasteiger partial charge in [0, 0.05) is 13.0 Å². The minimum absolute atomic E-state index is 0. The molecule has 10 heavy (non-hydrogen) atoms. The van der Waals surface area contributed by atoms with Crippen molar-refractivity contribution in [1.82, 2.24) is 0 Å². The van der Waals surface area contributed by atoms with E-state index in [9.17, 15) is 4.79 Å². The zero-order chi connectivity index (χ0) is 7.11. The molecule has 0 spiro atoms. The van der Waals surface area contributed by atoms with Crippen molar-refractivity contribution in [1.29, 1.82) is 0 Å². The van der Waals surface area contributed by atoms with E-state index in [1.807, 2.05) is 6.92 Å². The Morgan fingerprint density at radius 2 is 2.30 bits per heavy atom. The van der Waals surface area contributed by atoms with Gasteiger partial charge in [0.1, 0.15) is 6.61 Å².